The fourth-order valence-corrected chi connectivity index (χ4v) is 1.13. The number of nitrogens with one attached hydrogen (secondary N) is 1. The minimum Gasteiger partial charge on any atom is -0.271 e. The molecule has 0 aromatic heterocycles. The number of hydrazine groups is 1. The van der Waals surface area contributed by atoms with Gasteiger partial charge in [0, 0.05) is 6.54 Å². The monoisotopic (exact) mass is 170 g/mol. The van der Waals surface area contributed by atoms with E-state index in [1.54, 1.807) is 0 Å². The molecule has 0 aliphatic heterocycles. The lowest BCUT2D eigenvalue weighted by Gasteiger charge is -1.98. The third-order valence-electron chi connectivity index (χ3n) is 1.84. The molecular weight excluding hydrogens is 148 g/mol. The first kappa shape index (κ1) is 11.7. The van der Waals surface area contributed by atoms with E-state index < -0.39 is 0 Å². The second-order valence-electron chi connectivity index (χ2n) is 3.04. The zero-order valence-electron chi connectivity index (χ0n) is 8.18. The van der Waals surface area contributed by atoms with Gasteiger partial charge in [-0.2, -0.15) is 0 Å². The number of allylic oxidation sites excluding steroid dienone is 2. The van der Waals surface area contributed by atoms with Crippen LogP contribution in [0.2, 0.25) is 0 Å². The van der Waals surface area contributed by atoms with Crippen LogP contribution in [0.5, 0.6) is 0 Å². The number of hydrogen-bond acceptors (Lipinski definition) is 2. The highest BCUT2D eigenvalue weighted by Crippen LogP contribution is 2.02. The Kier molecular flexibility index (Phi) is 10.4. The molecule has 0 heterocycles. The van der Waals surface area contributed by atoms with Gasteiger partial charge in [-0.15, -0.1) is 0 Å². The predicted octanol–water partition coefficient (Wildman–Crippen LogP) is 2.37. The molecule has 0 aliphatic carbocycles. The summed E-state index contributed by atoms with van der Waals surface area (Å²) in [5.74, 6) is 5.15. The zero-order valence-corrected chi connectivity index (χ0v) is 8.18. The molecule has 0 aromatic rings. The van der Waals surface area contributed by atoms with Crippen LogP contribution in [0, 0.1) is 0 Å². The maximum atomic E-state index is 5.15. The third-order valence-corrected chi connectivity index (χ3v) is 1.84. The molecule has 2 heteroatoms. The van der Waals surface area contributed by atoms with Crippen LogP contribution in [-0.2, 0) is 0 Å². The second-order valence-corrected chi connectivity index (χ2v) is 3.04. The average molecular weight is 170 g/mol. The van der Waals surface area contributed by atoms with Crippen molar-refractivity contribution in [2.24, 2.45) is 5.84 Å². The first-order valence-electron chi connectivity index (χ1n) is 5.00. The lowest BCUT2D eigenvalue weighted by molar-refractivity contribution is 0.603. The standard InChI is InChI=1S/C10H22N2/c1-2-3-4-5-6-7-8-9-10-12-11/h3-4,12H,2,5-11H2,1H3. The van der Waals surface area contributed by atoms with Gasteiger partial charge in [0.05, 0.1) is 0 Å². The molecule has 0 aromatic carbocycles. The van der Waals surface area contributed by atoms with E-state index in [1.807, 2.05) is 0 Å². The van der Waals surface area contributed by atoms with E-state index in [2.05, 4.69) is 24.5 Å². The number of nitrogens with two attached hydrogens (primary N) is 1. The Morgan fingerprint density at radius 1 is 1.08 bits per heavy atom. The molecular formula is C10H22N2. The second kappa shape index (κ2) is 10.7. The third kappa shape index (κ3) is 9.66. The van der Waals surface area contributed by atoms with Crippen molar-refractivity contribution < 1.29 is 0 Å². The fraction of sp³-hybridized carbons (Fsp3) is 0.800. The smallest absolute Gasteiger partial charge is 0.00974 e. The number of unbranched alkanes of at least 4 members (excludes halogenated alkanes) is 4. The predicted molar refractivity (Wildman–Crippen MR) is 54.7 cm³/mol. The average Bonchev–Trinajstić information content (AvgIpc) is 2.10. The van der Waals surface area contributed by atoms with Crippen molar-refractivity contribution in [1.29, 1.82) is 0 Å². The molecule has 0 saturated carbocycles. The highest BCUT2D eigenvalue weighted by atomic mass is 15.2. The van der Waals surface area contributed by atoms with Crippen molar-refractivity contribution >= 4 is 0 Å². The van der Waals surface area contributed by atoms with Crippen LogP contribution in [0.1, 0.15) is 45.4 Å². The summed E-state index contributed by atoms with van der Waals surface area (Å²) >= 11 is 0. The van der Waals surface area contributed by atoms with Crippen LogP contribution in [-0.4, -0.2) is 6.54 Å². The summed E-state index contributed by atoms with van der Waals surface area (Å²) in [5, 5.41) is 0. The van der Waals surface area contributed by atoms with Crippen molar-refractivity contribution in [3.63, 3.8) is 0 Å². The molecule has 0 aliphatic rings. The Hall–Kier alpha value is -0.340. The van der Waals surface area contributed by atoms with Crippen LogP contribution in [0.25, 0.3) is 0 Å². The quantitative estimate of drug-likeness (QED) is 0.254. The molecule has 0 amide bonds. The van der Waals surface area contributed by atoms with Crippen molar-refractivity contribution in [2.45, 2.75) is 45.4 Å². The molecule has 12 heavy (non-hydrogen) atoms. The first-order chi connectivity index (χ1) is 5.91. The summed E-state index contributed by atoms with van der Waals surface area (Å²) in [6, 6.07) is 0. The van der Waals surface area contributed by atoms with Crippen LogP contribution in [0.3, 0.4) is 0 Å². The van der Waals surface area contributed by atoms with E-state index in [1.165, 1.54) is 32.1 Å². The molecule has 3 N–H and O–H groups in total. The molecule has 2 nitrogen and oxygen atoms in total. The Morgan fingerprint density at radius 3 is 2.50 bits per heavy atom. The largest absolute Gasteiger partial charge is 0.271 e. The topological polar surface area (TPSA) is 38.0 Å². The fourth-order valence-electron chi connectivity index (χ4n) is 1.13. The molecule has 0 radical (unpaired) electrons. The Morgan fingerprint density at radius 2 is 1.83 bits per heavy atom. The lowest BCUT2D eigenvalue weighted by atomic mass is 10.1. The van der Waals surface area contributed by atoms with Gasteiger partial charge in [0.25, 0.3) is 0 Å². The van der Waals surface area contributed by atoms with Gasteiger partial charge in [-0.1, -0.05) is 31.9 Å². The summed E-state index contributed by atoms with van der Waals surface area (Å²) in [7, 11) is 0. The summed E-state index contributed by atoms with van der Waals surface area (Å²) in [4.78, 5) is 0. The van der Waals surface area contributed by atoms with E-state index in [0.717, 1.165) is 13.0 Å². The van der Waals surface area contributed by atoms with Crippen LogP contribution >= 0.6 is 0 Å². The molecule has 0 unspecified atom stereocenters. The zero-order chi connectivity index (χ0) is 9.07. The molecule has 72 valence electrons. The van der Waals surface area contributed by atoms with E-state index in [0.29, 0.717) is 0 Å². The minimum atomic E-state index is 0.949. The van der Waals surface area contributed by atoms with E-state index >= 15 is 0 Å². The van der Waals surface area contributed by atoms with Crippen LogP contribution < -0.4 is 11.3 Å². The van der Waals surface area contributed by atoms with E-state index in [4.69, 9.17) is 5.84 Å². The van der Waals surface area contributed by atoms with E-state index in [-0.39, 0.29) is 0 Å². The lowest BCUT2D eigenvalue weighted by Crippen LogP contribution is -2.22. The van der Waals surface area contributed by atoms with Crippen molar-refractivity contribution in [1.82, 2.24) is 5.43 Å². The van der Waals surface area contributed by atoms with Gasteiger partial charge in [0.15, 0.2) is 0 Å². The van der Waals surface area contributed by atoms with Gasteiger partial charge in [0.1, 0.15) is 0 Å². The Balaban J connectivity index is 2.86. The molecule has 0 rings (SSSR count). The normalized spacial score (nSPS) is 11.2. The van der Waals surface area contributed by atoms with Gasteiger partial charge < -0.3 is 0 Å². The van der Waals surface area contributed by atoms with Gasteiger partial charge >= 0.3 is 0 Å². The minimum absolute atomic E-state index is 0.949. The number of hydrogen-bond donors (Lipinski definition) is 2. The Labute approximate surface area is 76.2 Å². The maximum Gasteiger partial charge on any atom is 0.00974 e. The van der Waals surface area contributed by atoms with Gasteiger partial charge in [-0.25, -0.2) is 0 Å². The summed E-state index contributed by atoms with van der Waals surface area (Å²) in [6.07, 6.45) is 12.1. The Bertz CT molecular complexity index is 100. The van der Waals surface area contributed by atoms with E-state index in [9.17, 15) is 0 Å². The highest BCUT2D eigenvalue weighted by Gasteiger charge is 1.86. The summed E-state index contributed by atoms with van der Waals surface area (Å²) < 4.78 is 0. The molecule has 0 spiro atoms. The van der Waals surface area contributed by atoms with Crippen molar-refractivity contribution in [3.05, 3.63) is 12.2 Å². The molecule has 0 atom stereocenters. The van der Waals surface area contributed by atoms with Crippen molar-refractivity contribution in [3.8, 4) is 0 Å². The van der Waals surface area contributed by atoms with Gasteiger partial charge in [-0.3, -0.25) is 11.3 Å². The van der Waals surface area contributed by atoms with Gasteiger partial charge in [0.2, 0.25) is 0 Å². The first-order valence-corrected chi connectivity index (χ1v) is 5.00. The maximum absolute atomic E-state index is 5.15. The summed E-state index contributed by atoms with van der Waals surface area (Å²) in [5.41, 5.74) is 2.66. The number of rotatable bonds is 8. The van der Waals surface area contributed by atoms with Crippen molar-refractivity contribution in [2.75, 3.05) is 6.54 Å². The highest BCUT2D eigenvalue weighted by molar-refractivity contribution is 4.79. The summed E-state index contributed by atoms with van der Waals surface area (Å²) in [6.45, 7) is 3.12. The molecule has 0 saturated heterocycles. The van der Waals surface area contributed by atoms with Crippen LogP contribution in [0.4, 0.5) is 0 Å². The molecule has 0 fully saturated rings. The van der Waals surface area contributed by atoms with Crippen LogP contribution in [0.15, 0.2) is 12.2 Å². The SMILES string of the molecule is CCC=CCCCCCCNN. The molecule has 0 bridgehead atoms. The van der Waals surface area contributed by atoms with Gasteiger partial charge in [-0.05, 0) is 25.7 Å².